The fourth-order valence-electron chi connectivity index (χ4n) is 0. The minimum absolute atomic E-state index is 0.413. The molecule has 6 heavy (non-hydrogen) atoms. The quantitative estimate of drug-likeness (QED) is 0.557. The van der Waals surface area contributed by atoms with Crippen LogP contribution in [0.15, 0.2) is 9.40 Å². The lowest BCUT2D eigenvalue weighted by atomic mass is 10.6. The molecule has 0 atom stereocenters. The predicted molar refractivity (Wildman–Crippen MR) is 35.1 cm³/mol. The van der Waals surface area contributed by atoms with Crippen molar-refractivity contribution in [3.05, 3.63) is 9.40 Å². The third-order valence-electron chi connectivity index (χ3n) is 0.398. The van der Waals surface area contributed by atoms with Crippen molar-refractivity contribution in [3.8, 4) is 0 Å². The minimum Gasteiger partial charge on any atom is -0.385 e. The summed E-state index contributed by atoms with van der Waals surface area (Å²) in [6, 6.07) is 0. The summed E-state index contributed by atoms with van der Waals surface area (Å²) in [6.45, 7) is 1.86. The summed E-state index contributed by atoms with van der Waals surface area (Å²) in [5.74, 6) is 0.413. The van der Waals surface area contributed by atoms with E-state index < -0.39 is 0 Å². The molecule has 0 rings (SSSR count). The Morgan fingerprint density at radius 2 is 1.67 bits per heavy atom. The standard InChI is InChI=1S/C3H7IN2/c1-2(4)3(5)6/h5-6H2,1H3. The largest absolute Gasteiger partial charge is 0.385 e. The Kier molecular flexibility index (Phi) is 2.31. The molecule has 0 aliphatic heterocycles. The maximum atomic E-state index is 5.09. The molecular weight excluding hydrogens is 191 g/mol. The molecule has 0 amide bonds. The van der Waals surface area contributed by atoms with E-state index in [1.807, 2.05) is 6.92 Å². The third-order valence-corrected chi connectivity index (χ3v) is 1.02. The average molecular weight is 198 g/mol. The van der Waals surface area contributed by atoms with Gasteiger partial charge in [-0.05, 0) is 29.5 Å². The van der Waals surface area contributed by atoms with Crippen LogP contribution in [0, 0.1) is 0 Å². The Labute approximate surface area is 50.7 Å². The van der Waals surface area contributed by atoms with Crippen molar-refractivity contribution < 1.29 is 0 Å². The average Bonchev–Trinajstić information content (AvgIpc) is 1.36. The lowest BCUT2D eigenvalue weighted by Crippen LogP contribution is -2.08. The number of nitrogens with two attached hydrogens (primary N) is 2. The number of hydrogen-bond donors (Lipinski definition) is 2. The number of hydrogen-bond acceptors (Lipinski definition) is 2. The summed E-state index contributed by atoms with van der Waals surface area (Å²) in [5.41, 5.74) is 10.2. The highest BCUT2D eigenvalue weighted by molar-refractivity contribution is 14.1. The predicted octanol–water partition coefficient (Wildman–Crippen LogP) is 0.528. The van der Waals surface area contributed by atoms with Gasteiger partial charge < -0.3 is 11.5 Å². The van der Waals surface area contributed by atoms with Crippen LogP contribution in [0.3, 0.4) is 0 Å². The number of allylic oxidation sites excluding steroid dienone is 1. The SMILES string of the molecule is CC(I)=C(N)N. The van der Waals surface area contributed by atoms with Crippen LogP contribution in [-0.2, 0) is 0 Å². The molecule has 0 aromatic heterocycles. The maximum Gasteiger partial charge on any atom is 0.103 e. The van der Waals surface area contributed by atoms with Crippen LogP contribution in [-0.4, -0.2) is 0 Å². The first-order valence-corrected chi connectivity index (χ1v) is 2.60. The van der Waals surface area contributed by atoms with Gasteiger partial charge >= 0.3 is 0 Å². The first-order valence-electron chi connectivity index (χ1n) is 1.52. The van der Waals surface area contributed by atoms with Crippen molar-refractivity contribution in [2.75, 3.05) is 0 Å². The zero-order valence-electron chi connectivity index (χ0n) is 3.53. The van der Waals surface area contributed by atoms with Crippen molar-refractivity contribution in [2.24, 2.45) is 11.5 Å². The summed E-state index contributed by atoms with van der Waals surface area (Å²) >= 11 is 2.06. The van der Waals surface area contributed by atoms with Crippen LogP contribution in [0.5, 0.6) is 0 Å². The second-order valence-corrected chi connectivity index (χ2v) is 2.61. The second-order valence-electron chi connectivity index (χ2n) is 0.989. The zero-order chi connectivity index (χ0) is 5.15. The molecule has 4 N–H and O–H groups in total. The Morgan fingerprint density at radius 3 is 1.67 bits per heavy atom. The highest BCUT2D eigenvalue weighted by Gasteiger charge is 1.79. The summed E-state index contributed by atoms with van der Waals surface area (Å²) in [6.07, 6.45) is 0. The molecule has 0 saturated heterocycles. The highest BCUT2D eigenvalue weighted by atomic mass is 127. The number of halogens is 1. The molecule has 0 aromatic rings. The van der Waals surface area contributed by atoms with Crippen LogP contribution in [0.4, 0.5) is 0 Å². The monoisotopic (exact) mass is 198 g/mol. The Morgan fingerprint density at radius 1 is 1.50 bits per heavy atom. The molecule has 0 aliphatic rings. The van der Waals surface area contributed by atoms with E-state index in [1.165, 1.54) is 0 Å². The van der Waals surface area contributed by atoms with E-state index in [2.05, 4.69) is 22.6 Å². The van der Waals surface area contributed by atoms with E-state index in [1.54, 1.807) is 0 Å². The molecule has 0 spiro atoms. The Hall–Kier alpha value is 0.0700. The van der Waals surface area contributed by atoms with E-state index in [0.717, 1.165) is 3.58 Å². The van der Waals surface area contributed by atoms with Gasteiger partial charge in [0.2, 0.25) is 0 Å². The number of rotatable bonds is 0. The molecule has 3 heteroatoms. The van der Waals surface area contributed by atoms with Gasteiger partial charge in [-0.25, -0.2) is 0 Å². The molecule has 2 nitrogen and oxygen atoms in total. The molecule has 0 radical (unpaired) electrons. The molecular formula is C3H7IN2. The van der Waals surface area contributed by atoms with Gasteiger partial charge in [0, 0.05) is 3.58 Å². The first kappa shape index (κ1) is 6.07. The van der Waals surface area contributed by atoms with Gasteiger partial charge in [0.05, 0.1) is 0 Å². The van der Waals surface area contributed by atoms with Gasteiger partial charge in [0.15, 0.2) is 0 Å². The Balaban J connectivity index is 3.68. The molecule has 0 saturated carbocycles. The summed E-state index contributed by atoms with van der Waals surface area (Å²) in [5, 5.41) is 0. The summed E-state index contributed by atoms with van der Waals surface area (Å²) in [4.78, 5) is 0. The molecule has 0 aliphatic carbocycles. The highest BCUT2D eigenvalue weighted by Crippen LogP contribution is 2.01. The zero-order valence-corrected chi connectivity index (χ0v) is 5.69. The Bertz CT molecular complexity index is 58.9. The van der Waals surface area contributed by atoms with Crippen LogP contribution >= 0.6 is 22.6 Å². The van der Waals surface area contributed by atoms with Crippen molar-refractivity contribution in [1.29, 1.82) is 0 Å². The van der Waals surface area contributed by atoms with E-state index in [-0.39, 0.29) is 0 Å². The van der Waals surface area contributed by atoms with Crippen molar-refractivity contribution in [2.45, 2.75) is 6.92 Å². The third kappa shape index (κ3) is 2.32. The molecule has 0 heterocycles. The second kappa shape index (κ2) is 2.28. The lowest BCUT2D eigenvalue weighted by molar-refractivity contribution is 1.23. The van der Waals surface area contributed by atoms with Gasteiger partial charge in [-0.3, -0.25) is 0 Å². The van der Waals surface area contributed by atoms with E-state index in [0.29, 0.717) is 5.82 Å². The van der Waals surface area contributed by atoms with Crippen molar-refractivity contribution >= 4 is 22.6 Å². The summed E-state index contributed by atoms with van der Waals surface area (Å²) in [7, 11) is 0. The smallest absolute Gasteiger partial charge is 0.103 e. The lowest BCUT2D eigenvalue weighted by Gasteiger charge is -1.87. The first-order chi connectivity index (χ1) is 2.64. The normalized spacial score (nSPS) is 7.67. The van der Waals surface area contributed by atoms with Crippen molar-refractivity contribution in [1.82, 2.24) is 0 Å². The molecule has 36 valence electrons. The van der Waals surface area contributed by atoms with Gasteiger partial charge in [-0.1, -0.05) is 0 Å². The molecule has 0 bridgehead atoms. The van der Waals surface area contributed by atoms with E-state index in [9.17, 15) is 0 Å². The van der Waals surface area contributed by atoms with Gasteiger partial charge in [0.1, 0.15) is 5.82 Å². The van der Waals surface area contributed by atoms with Gasteiger partial charge in [-0.2, -0.15) is 0 Å². The summed E-state index contributed by atoms with van der Waals surface area (Å²) < 4.78 is 0.951. The van der Waals surface area contributed by atoms with E-state index >= 15 is 0 Å². The molecule has 0 unspecified atom stereocenters. The van der Waals surface area contributed by atoms with E-state index in [4.69, 9.17) is 11.5 Å². The molecule has 0 fully saturated rings. The van der Waals surface area contributed by atoms with Crippen LogP contribution in [0.2, 0.25) is 0 Å². The fraction of sp³-hybridized carbons (Fsp3) is 0.333. The van der Waals surface area contributed by atoms with Crippen LogP contribution in [0.25, 0.3) is 0 Å². The maximum absolute atomic E-state index is 5.09. The molecule has 0 aromatic carbocycles. The minimum atomic E-state index is 0.413. The van der Waals surface area contributed by atoms with Crippen molar-refractivity contribution in [3.63, 3.8) is 0 Å². The topological polar surface area (TPSA) is 52.0 Å². The fourth-order valence-corrected chi connectivity index (χ4v) is 0. The van der Waals surface area contributed by atoms with Gasteiger partial charge in [-0.15, -0.1) is 0 Å². The van der Waals surface area contributed by atoms with Crippen LogP contribution < -0.4 is 11.5 Å². The van der Waals surface area contributed by atoms with Gasteiger partial charge in [0.25, 0.3) is 0 Å². The van der Waals surface area contributed by atoms with Crippen LogP contribution in [0.1, 0.15) is 6.92 Å².